The van der Waals surface area contributed by atoms with E-state index in [0.717, 1.165) is 56.9 Å². The number of amides is 1. The molecule has 0 aromatic carbocycles. The highest BCUT2D eigenvalue weighted by Gasteiger charge is 2.23. The van der Waals surface area contributed by atoms with Crippen LogP contribution in [0.25, 0.3) is 0 Å². The van der Waals surface area contributed by atoms with Crippen LogP contribution in [0, 0.1) is 0 Å². The van der Waals surface area contributed by atoms with Gasteiger partial charge in [0.05, 0.1) is 4.88 Å². The predicted molar refractivity (Wildman–Crippen MR) is 88.6 cm³/mol. The van der Waals surface area contributed by atoms with Gasteiger partial charge in [-0.05, 0) is 50.3 Å². The van der Waals surface area contributed by atoms with E-state index < -0.39 is 0 Å². The normalized spacial score (nSPS) is 20.1. The van der Waals surface area contributed by atoms with Crippen LogP contribution in [0.5, 0.6) is 0 Å². The number of aryl methyl sites for hydroxylation is 2. The van der Waals surface area contributed by atoms with Crippen LogP contribution in [-0.4, -0.2) is 54.3 Å². The minimum atomic E-state index is 0.238. The summed E-state index contributed by atoms with van der Waals surface area (Å²) in [7, 11) is 0. The highest BCUT2D eigenvalue weighted by Crippen LogP contribution is 2.30. The summed E-state index contributed by atoms with van der Waals surface area (Å²) in [5, 5.41) is 0. The first-order valence-electron chi connectivity index (χ1n) is 7.97. The SMILES string of the molecule is O=C(c1cc2c(s1)CCCC2)N1CCCN(CCCl)CC1. The van der Waals surface area contributed by atoms with Crippen LogP contribution in [0.3, 0.4) is 0 Å². The highest BCUT2D eigenvalue weighted by atomic mass is 35.5. The smallest absolute Gasteiger partial charge is 0.263 e. The van der Waals surface area contributed by atoms with Gasteiger partial charge in [-0.2, -0.15) is 0 Å². The second kappa shape index (κ2) is 7.12. The van der Waals surface area contributed by atoms with Gasteiger partial charge in [-0.25, -0.2) is 0 Å². The Labute approximate surface area is 135 Å². The largest absolute Gasteiger partial charge is 0.337 e. The number of hydrogen-bond acceptors (Lipinski definition) is 3. The van der Waals surface area contributed by atoms with E-state index in [1.807, 2.05) is 4.90 Å². The fourth-order valence-electron chi connectivity index (χ4n) is 3.27. The van der Waals surface area contributed by atoms with Gasteiger partial charge in [-0.3, -0.25) is 4.79 Å². The van der Waals surface area contributed by atoms with Crippen molar-refractivity contribution in [3.8, 4) is 0 Å². The zero-order valence-electron chi connectivity index (χ0n) is 12.4. The molecule has 1 fully saturated rings. The van der Waals surface area contributed by atoms with Gasteiger partial charge in [0.25, 0.3) is 5.91 Å². The van der Waals surface area contributed by atoms with Crippen LogP contribution < -0.4 is 0 Å². The Kier molecular flexibility index (Phi) is 5.19. The lowest BCUT2D eigenvalue weighted by Gasteiger charge is -2.20. The van der Waals surface area contributed by atoms with Crippen LogP contribution in [0.1, 0.15) is 39.4 Å². The summed E-state index contributed by atoms with van der Waals surface area (Å²) in [6.45, 7) is 4.64. The highest BCUT2D eigenvalue weighted by molar-refractivity contribution is 7.14. The number of alkyl halides is 1. The summed E-state index contributed by atoms with van der Waals surface area (Å²) < 4.78 is 0. The monoisotopic (exact) mass is 326 g/mol. The summed E-state index contributed by atoms with van der Waals surface area (Å²) >= 11 is 7.55. The molecule has 0 spiro atoms. The topological polar surface area (TPSA) is 23.6 Å². The molecular formula is C16H23ClN2OS. The number of nitrogens with zero attached hydrogens (tertiary/aromatic N) is 2. The molecule has 2 aliphatic rings. The summed E-state index contributed by atoms with van der Waals surface area (Å²) in [5.74, 6) is 0.910. The van der Waals surface area contributed by atoms with E-state index in [1.165, 1.54) is 23.3 Å². The molecule has 0 N–H and O–H groups in total. The molecule has 116 valence electrons. The Morgan fingerprint density at radius 3 is 2.81 bits per heavy atom. The number of hydrogen-bond donors (Lipinski definition) is 0. The molecule has 1 aliphatic carbocycles. The molecule has 3 nitrogen and oxygen atoms in total. The predicted octanol–water partition coefficient (Wildman–Crippen LogP) is 3.01. The van der Waals surface area contributed by atoms with Gasteiger partial charge < -0.3 is 9.80 Å². The van der Waals surface area contributed by atoms with Crippen molar-refractivity contribution in [2.45, 2.75) is 32.1 Å². The van der Waals surface area contributed by atoms with Gasteiger partial charge in [-0.15, -0.1) is 22.9 Å². The lowest BCUT2D eigenvalue weighted by Crippen LogP contribution is -2.35. The van der Waals surface area contributed by atoms with E-state index in [2.05, 4.69) is 11.0 Å². The third-order valence-corrected chi connectivity index (χ3v) is 5.88. The van der Waals surface area contributed by atoms with Gasteiger partial charge in [0.1, 0.15) is 0 Å². The van der Waals surface area contributed by atoms with E-state index in [-0.39, 0.29) is 5.91 Å². The average Bonchev–Trinajstić information content (AvgIpc) is 2.80. The fourth-order valence-corrected chi connectivity index (χ4v) is 4.73. The standard InChI is InChI=1S/C16H23ClN2OS/c17-6-9-18-7-3-8-19(11-10-18)16(20)15-12-13-4-1-2-5-14(13)21-15/h12H,1-11H2. The zero-order chi connectivity index (χ0) is 14.7. The number of halogens is 1. The van der Waals surface area contributed by atoms with Crippen molar-refractivity contribution < 1.29 is 4.79 Å². The van der Waals surface area contributed by atoms with Gasteiger partial charge >= 0.3 is 0 Å². The third kappa shape index (κ3) is 3.61. The minimum Gasteiger partial charge on any atom is -0.337 e. The van der Waals surface area contributed by atoms with Crippen molar-refractivity contribution in [3.63, 3.8) is 0 Å². The summed E-state index contributed by atoms with van der Waals surface area (Å²) in [6, 6.07) is 2.16. The van der Waals surface area contributed by atoms with Crippen molar-refractivity contribution in [3.05, 3.63) is 21.4 Å². The van der Waals surface area contributed by atoms with Gasteiger partial charge in [0.15, 0.2) is 0 Å². The number of rotatable bonds is 3. The summed E-state index contributed by atoms with van der Waals surface area (Å²) in [4.78, 5) is 19.5. The maximum absolute atomic E-state index is 12.7. The Morgan fingerprint density at radius 2 is 2.00 bits per heavy atom. The lowest BCUT2D eigenvalue weighted by atomic mass is 9.99. The van der Waals surface area contributed by atoms with Gasteiger partial charge in [-0.1, -0.05) is 0 Å². The van der Waals surface area contributed by atoms with Gasteiger partial charge in [0.2, 0.25) is 0 Å². The van der Waals surface area contributed by atoms with Crippen LogP contribution in [0.2, 0.25) is 0 Å². The first-order valence-corrected chi connectivity index (χ1v) is 9.32. The Balaban J connectivity index is 1.66. The molecule has 0 unspecified atom stereocenters. The molecule has 5 heteroatoms. The van der Waals surface area contributed by atoms with Crippen molar-refractivity contribution in [2.75, 3.05) is 38.6 Å². The molecular weight excluding hydrogens is 304 g/mol. The molecule has 0 saturated carbocycles. The number of fused-ring (bicyclic) bond motifs is 1. The molecule has 3 rings (SSSR count). The Bertz CT molecular complexity index is 479. The molecule has 0 radical (unpaired) electrons. The quantitative estimate of drug-likeness (QED) is 0.797. The van der Waals surface area contributed by atoms with Crippen molar-refractivity contribution in [2.24, 2.45) is 0 Å². The van der Waals surface area contributed by atoms with E-state index in [4.69, 9.17) is 11.6 Å². The average molecular weight is 327 g/mol. The molecule has 2 heterocycles. The molecule has 0 atom stereocenters. The van der Waals surface area contributed by atoms with Crippen molar-refractivity contribution in [1.82, 2.24) is 9.80 Å². The van der Waals surface area contributed by atoms with E-state index in [9.17, 15) is 4.79 Å². The number of thiophene rings is 1. The molecule has 21 heavy (non-hydrogen) atoms. The maximum Gasteiger partial charge on any atom is 0.263 e. The first-order chi connectivity index (χ1) is 10.3. The second-order valence-electron chi connectivity index (χ2n) is 5.94. The second-order valence-corrected chi connectivity index (χ2v) is 7.46. The van der Waals surface area contributed by atoms with E-state index in [0.29, 0.717) is 5.88 Å². The summed E-state index contributed by atoms with van der Waals surface area (Å²) in [6.07, 6.45) is 5.92. The van der Waals surface area contributed by atoms with E-state index in [1.54, 1.807) is 11.3 Å². The Morgan fingerprint density at radius 1 is 1.14 bits per heavy atom. The third-order valence-electron chi connectivity index (χ3n) is 4.48. The van der Waals surface area contributed by atoms with E-state index >= 15 is 0 Å². The van der Waals surface area contributed by atoms with Crippen LogP contribution in [-0.2, 0) is 12.8 Å². The molecule has 0 bridgehead atoms. The fraction of sp³-hybridized carbons (Fsp3) is 0.688. The van der Waals surface area contributed by atoms with Gasteiger partial charge in [0, 0.05) is 36.9 Å². The zero-order valence-corrected chi connectivity index (χ0v) is 14.0. The number of carbonyl (C=O) groups is 1. The van der Waals surface area contributed by atoms with Crippen LogP contribution in [0.15, 0.2) is 6.07 Å². The van der Waals surface area contributed by atoms with Crippen molar-refractivity contribution >= 4 is 28.8 Å². The molecule has 1 aromatic heterocycles. The molecule has 1 aliphatic heterocycles. The first kappa shape index (κ1) is 15.3. The molecule has 1 saturated heterocycles. The number of carbonyl (C=O) groups excluding carboxylic acids is 1. The lowest BCUT2D eigenvalue weighted by molar-refractivity contribution is 0.0766. The molecule has 1 aromatic rings. The minimum absolute atomic E-state index is 0.238. The van der Waals surface area contributed by atoms with Crippen LogP contribution in [0.4, 0.5) is 0 Å². The molecule has 1 amide bonds. The maximum atomic E-state index is 12.7. The van der Waals surface area contributed by atoms with Crippen LogP contribution >= 0.6 is 22.9 Å². The summed E-state index contributed by atoms with van der Waals surface area (Å²) in [5.41, 5.74) is 1.42. The Hall–Kier alpha value is -0.580. The van der Waals surface area contributed by atoms with Crippen molar-refractivity contribution in [1.29, 1.82) is 0 Å².